The fraction of sp³-hybridized carbons (Fsp3) is 0.160. The van der Waals surface area contributed by atoms with Crippen LogP contribution < -0.4 is 5.32 Å². The molecule has 0 aliphatic carbocycles. The lowest BCUT2D eigenvalue weighted by Crippen LogP contribution is -2.50. The van der Waals surface area contributed by atoms with Gasteiger partial charge in [-0.25, -0.2) is 4.79 Å². The lowest BCUT2D eigenvalue weighted by molar-refractivity contribution is -0.147. The van der Waals surface area contributed by atoms with Gasteiger partial charge in [0.15, 0.2) is 0 Å². The van der Waals surface area contributed by atoms with Gasteiger partial charge >= 0.3 is 5.97 Å². The smallest absolute Gasteiger partial charge is 0.329 e. The van der Waals surface area contributed by atoms with Gasteiger partial charge in [0.2, 0.25) is 0 Å². The summed E-state index contributed by atoms with van der Waals surface area (Å²) in [4.78, 5) is 38.2. The highest BCUT2D eigenvalue weighted by Gasteiger charge is 2.42. The monoisotopic (exact) mass is 448 g/mol. The van der Waals surface area contributed by atoms with Crippen LogP contribution in [0, 0.1) is 0 Å². The van der Waals surface area contributed by atoms with Crippen molar-refractivity contribution >= 4 is 35.1 Å². The van der Waals surface area contributed by atoms with Crippen LogP contribution in [0.3, 0.4) is 0 Å². The summed E-state index contributed by atoms with van der Waals surface area (Å²) in [6.07, 6.45) is 0. The number of benzene rings is 3. The Morgan fingerprint density at radius 2 is 1.59 bits per heavy atom. The van der Waals surface area contributed by atoms with E-state index < -0.39 is 11.5 Å². The van der Waals surface area contributed by atoms with Crippen molar-refractivity contribution < 1.29 is 19.5 Å². The number of carbonyl (C=O) groups is 3. The minimum absolute atomic E-state index is 0.237. The van der Waals surface area contributed by atoms with E-state index in [2.05, 4.69) is 5.32 Å². The third-order valence-electron chi connectivity index (χ3n) is 5.69. The molecule has 2 N–H and O–H groups in total. The molecule has 0 radical (unpaired) electrons. The van der Waals surface area contributed by atoms with Crippen LogP contribution in [0.25, 0.3) is 11.1 Å². The standard InChI is InChI=1S/C25H21ClN2O4/c1-25(2,24(31)32)28-14-18-4-3-17(13-21(18)23(28)30)15-7-11-20(12-8-15)27-22(29)16-5-9-19(26)10-6-16/h3-13H,14H2,1-2H3,(H,27,29)(H,31,32). The number of carboxylic acids is 1. The van der Waals surface area contributed by atoms with Gasteiger partial charge in [0.1, 0.15) is 5.54 Å². The zero-order chi connectivity index (χ0) is 23.0. The number of fused-ring (bicyclic) bond motifs is 1. The van der Waals surface area contributed by atoms with Crippen molar-refractivity contribution in [3.05, 3.63) is 88.4 Å². The second-order valence-electron chi connectivity index (χ2n) is 8.17. The largest absolute Gasteiger partial charge is 0.480 e. The van der Waals surface area contributed by atoms with E-state index in [1.165, 1.54) is 18.7 Å². The average Bonchev–Trinajstić information content (AvgIpc) is 3.11. The fourth-order valence-electron chi connectivity index (χ4n) is 3.60. The molecule has 0 atom stereocenters. The van der Waals surface area contributed by atoms with Crippen molar-refractivity contribution in [2.45, 2.75) is 25.9 Å². The number of halogens is 1. The van der Waals surface area contributed by atoms with E-state index in [0.29, 0.717) is 21.8 Å². The Balaban J connectivity index is 1.52. The van der Waals surface area contributed by atoms with Gasteiger partial charge in [-0.15, -0.1) is 0 Å². The van der Waals surface area contributed by atoms with Crippen LogP contribution in [-0.2, 0) is 11.3 Å². The molecule has 0 fully saturated rings. The van der Waals surface area contributed by atoms with Gasteiger partial charge in [-0.1, -0.05) is 35.9 Å². The number of amides is 2. The van der Waals surface area contributed by atoms with Gasteiger partial charge in [-0.3, -0.25) is 9.59 Å². The first-order chi connectivity index (χ1) is 15.2. The Bertz CT molecular complexity index is 1220. The summed E-state index contributed by atoms with van der Waals surface area (Å²) in [5.74, 6) is -1.57. The van der Waals surface area contributed by atoms with Crippen LogP contribution in [0.1, 0.15) is 40.1 Å². The zero-order valence-electron chi connectivity index (χ0n) is 17.6. The van der Waals surface area contributed by atoms with Gasteiger partial charge in [0, 0.05) is 28.4 Å². The molecule has 0 saturated heterocycles. The maximum Gasteiger partial charge on any atom is 0.329 e. The molecule has 4 rings (SSSR count). The van der Waals surface area contributed by atoms with Crippen molar-refractivity contribution in [3.8, 4) is 11.1 Å². The van der Waals surface area contributed by atoms with Crippen LogP contribution in [0.15, 0.2) is 66.7 Å². The molecule has 0 saturated carbocycles. The Morgan fingerprint density at radius 1 is 0.969 bits per heavy atom. The molecule has 0 spiro atoms. The molecule has 7 heteroatoms. The molecular weight excluding hydrogens is 428 g/mol. The van der Waals surface area contributed by atoms with Crippen LogP contribution >= 0.6 is 11.6 Å². The average molecular weight is 449 g/mol. The number of anilines is 1. The molecule has 3 aromatic carbocycles. The fourth-order valence-corrected chi connectivity index (χ4v) is 3.72. The predicted octanol–water partition coefficient (Wildman–Crippen LogP) is 5.08. The van der Waals surface area contributed by atoms with Gasteiger partial charge in [-0.05, 0) is 73.0 Å². The van der Waals surface area contributed by atoms with Gasteiger partial charge in [-0.2, -0.15) is 0 Å². The summed E-state index contributed by atoms with van der Waals surface area (Å²) in [7, 11) is 0. The van der Waals surface area contributed by atoms with Crippen molar-refractivity contribution in [2.24, 2.45) is 0 Å². The summed E-state index contributed by atoms with van der Waals surface area (Å²) in [5, 5.41) is 12.9. The van der Waals surface area contributed by atoms with Gasteiger partial charge in [0.05, 0.1) is 0 Å². The first-order valence-corrected chi connectivity index (χ1v) is 10.4. The van der Waals surface area contributed by atoms with E-state index in [0.717, 1.165) is 16.7 Å². The lowest BCUT2D eigenvalue weighted by Gasteiger charge is -2.31. The molecule has 32 heavy (non-hydrogen) atoms. The molecule has 6 nitrogen and oxygen atoms in total. The molecule has 0 aromatic heterocycles. The quantitative estimate of drug-likeness (QED) is 0.570. The Hall–Kier alpha value is -3.64. The minimum Gasteiger partial charge on any atom is -0.480 e. The Kier molecular flexibility index (Phi) is 5.48. The molecule has 2 amide bonds. The van der Waals surface area contributed by atoms with Crippen molar-refractivity contribution in [3.63, 3.8) is 0 Å². The van der Waals surface area contributed by atoms with E-state index >= 15 is 0 Å². The van der Waals surface area contributed by atoms with E-state index in [4.69, 9.17) is 11.6 Å². The van der Waals surface area contributed by atoms with Crippen molar-refractivity contribution in [2.75, 3.05) is 5.32 Å². The number of carbonyl (C=O) groups excluding carboxylic acids is 2. The summed E-state index contributed by atoms with van der Waals surface area (Å²) in [6, 6.07) is 19.5. The third-order valence-corrected chi connectivity index (χ3v) is 5.95. The number of carboxylic acid groups (broad SMARTS) is 1. The summed E-state index contributed by atoms with van der Waals surface area (Å²) in [5.41, 5.74) is 2.88. The van der Waals surface area contributed by atoms with Crippen LogP contribution in [0.5, 0.6) is 0 Å². The molecule has 162 valence electrons. The lowest BCUT2D eigenvalue weighted by atomic mass is 10.00. The van der Waals surface area contributed by atoms with Crippen LogP contribution in [0.4, 0.5) is 5.69 Å². The van der Waals surface area contributed by atoms with E-state index in [1.54, 1.807) is 42.5 Å². The number of rotatable bonds is 5. The summed E-state index contributed by atoms with van der Waals surface area (Å²) in [6.45, 7) is 3.32. The molecule has 0 bridgehead atoms. The number of hydrogen-bond acceptors (Lipinski definition) is 3. The van der Waals surface area contributed by atoms with Gasteiger partial charge < -0.3 is 15.3 Å². The second-order valence-corrected chi connectivity index (χ2v) is 8.60. The molecular formula is C25H21ClN2O4. The minimum atomic E-state index is -1.29. The first kappa shape index (κ1) is 21.6. The maximum atomic E-state index is 12.9. The number of nitrogens with zero attached hydrogens (tertiary/aromatic N) is 1. The SMILES string of the molecule is CC(C)(C(=O)O)N1Cc2ccc(-c3ccc(NC(=O)c4ccc(Cl)cc4)cc3)cc2C1=O. The first-order valence-electron chi connectivity index (χ1n) is 10.0. The summed E-state index contributed by atoms with van der Waals surface area (Å²) < 4.78 is 0. The zero-order valence-corrected chi connectivity index (χ0v) is 18.3. The molecule has 1 aliphatic heterocycles. The maximum absolute atomic E-state index is 12.9. The topological polar surface area (TPSA) is 86.7 Å². The highest BCUT2D eigenvalue weighted by Crippen LogP contribution is 2.33. The number of aliphatic carboxylic acids is 1. The highest BCUT2D eigenvalue weighted by molar-refractivity contribution is 6.30. The Morgan fingerprint density at radius 3 is 2.22 bits per heavy atom. The number of hydrogen-bond donors (Lipinski definition) is 2. The number of nitrogens with one attached hydrogen (secondary N) is 1. The van der Waals surface area contributed by atoms with Crippen molar-refractivity contribution in [1.82, 2.24) is 4.90 Å². The van der Waals surface area contributed by atoms with E-state index in [9.17, 15) is 19.5 Å². The van der Waals surface area contributed by atoms with E-state index in [-0.39, 0.29) is 18.4 Å². The molecule has 1 heterocycles. The van der Waals surface area contributed by atoms with Crippen molar-refractivity contribution in [1.29, 1.82) is 0 Å². The van der Waals surface area contributed by atoms with Crippen LogP contribution in [0.2, 0.25) is 5.02 Å². The normalized spacial score (nSPS) is 13.1. The third kappa shape index (κ3) is 3.97. The second kappa shape index (κ2) is 8.13. The molecule has 0 unspecified atom stereocenters. The van der Waals surface area contributed by atoms with E-state index in [1.807, 2.05) is 24.3 Å². The Labute approximate surface area is 190 Å². The van der Waals surface area contributed by atoms with Crippen LogP contribution in [-0.4, -0.2) is 33.3 Å². The van der Waals surface area contributed by atoms with Gasteiger partial charge in [0.25, 0.3) is 11.8 Å². The molecule has 3 aromatic rings. The highest BCUT2D eigenvalue weighted by atomic mass is 35.5. The summed E-state index contributed by atoms with van der Waals surface area (Å²) >= 11 is 5.86. The molecule has 1 aliphatic rings. The predicted molar refractivity (Wildman–Crippen MR) is 123 cm³/mol.